The Bertz CT molecular complexity index is 1100. The van der Waals surface area contributed by atoms with E-state index in [1.807, 2.05) is 6.92 Å². The van der Waals surface area contributed by atoms with Crippen molar-refractivity contribution in [1.29, 1.82) is 0 Å². The quantitative estimate of drug-likeness (QED) is 0.460. The molecule has 2 saturated carbocycles. The van der Waals surface area contributed by atoms with Crippen LogP contribution in [0.1, 0.15) is 56.3 Å². The van der Waals surface area contributed by atoms with E-state index in [1.54, 1.807) is 6.08 Å². The Labute approximate surface area is 192 Å². The van der Waals surface area contributed by atoms with Gasteiger partial charge in [0, 0.05) is 17.8 Å². The van der Waals surface area contributed by atoms with Crippen molar-refractivity contribution in [2.75, 3.05) is 12.4 Å². The van der Waals surface area contributed by atoms with E-state index in [9.17, 15) is 24.6 Å². The molecule has 2 saturated heterocycles. The third kappa shape index (κ3) is 3.03. The fraction of sp³-hybridized carbons (Fsp3) is 0.560. The molecule has 1 aromatic rings. The van der Waals surface area contributed by atoms with E-state index in [0.29, 0.717) is 12.3 Å². The van der Waals surface area contributed by atoms with Crippen LogP contribution in [0.2, 0.25) is 0 Å². The molecule has 1 amide bonds. The van der Waals surface area contributed by atoms with Crippen molar-refractivity contribution in [1.82, 2.24) is 0 Å². The Morgan fingerprint density at radius 3 is 2.73 bits per heavy atom. The maximum absolute atomic E-state index is 13.1. The molecule has 0 radical (unpaired) electrons. The van der Waals surface area contributed by atoms with Gasteiger partial charge in [-0.15, -0.1) is 0 Å². The van der Waals surface area contributed by atoms with Gasteiger partial charge < -0.3 is 25.0 Å². The fourth-order valence-corrected chi connectivity index (χ4v) is 7.19. The van der Waals surface area contributed by atoms with E-state index in [0.717, 1.165) is 19.3 Å². The number of phenolic OH excluding ortho intramolecular Hbond substituents is 2. The van der Waals surface area contributed by atoms with Crippen molar-refractivity contribution in [2.24, 2.45) is 22.7 Å². The minimum absolute atomic E-state index is 0.00635. The summed E-state index contributed by atoms with van der Waals surface area (Å²) >= 11 is 0. The number of anilines is 1. The molecule has 5 aliphatic rings. The van der Waals surface area contributed by atoms with E-state index in [-0.39, 0.29) is 52.2 Å². The highest BCUT2D eigenvalue weighted by Crippen LogP contribution is 2.71. The smallest absolute Gasteiger partial charge is 0.341 e. The number of methoxy groups -OCH3 is 1. The second-order valence-electron chi connectivity index (χ2n) is 10.5. The second-order valence-corrected chi connectivity index (χ2v) is 10.5. The zero-order chi connectivity index (χ0) is 23.8. The second kappa shape index (κ2) is 7.06. The molecule has 3 N–H and O–H groups in total. The number of hydrogen-bond acceptors (Lipinski definition) is 7. The van der Waals surface area contributed by atoms with Gasteiger partial charge >= 0.3 is 5.97 Å². The van der Waals surface area contributed by atoms with Gasteiger partial charge in [0.15, 0.2) is 11.5 Å². The summed E-state index contributed by atoms with van der Waals surface area (Å²) in [7, 11) is 1.17. The number of ether oxygens (including phenoxy) is 2. The number of rotatable bonds is 5. The molecule has 0 aromatic heterocycles. The molecule has 8 nitrogen and oxygen atoms in total. The van der Waals surface area contributed by atoms with Gasteiger partial charge in [-0.3, -0.25) is 9.59 Å². The van der Waals surface area contributed by atoms with Crippen LogP contribution in [0.15, 0.2) is 24.3 Å². The van der Waals surface area contributed by atoms with Crippen LogP contribution >= 0.6 is 0 Å². The number of carbonyl (C=O) groups is 3. The van der Waals surface area contributed by atoms with Gasteiger partial charge in [0.05, 0.1) is 18.8 Å². The molecule has 4 bridgehead atoms. The van der Waals surface area contributed by atoms with Crippen molar-refractivity contribution >= 4 is 23.3 Å². The molecule has 33 heavy (non-hydrogen) atoms. The molecule has 1 spiro atoms. The number of hydrogen-bond donors (Lipinski definition) is 3. The topological polar surface area (TPSA) is 122 Å². The lowest BCUT2D eigenvalue weighted by atomic mass is 9.51. The first-order valence-electron chi connectivity index (χ1n) is 11.4. The van der Waals surface area contributed by atoms with Gasteiger partial charge in [0.25, 0.3) is 0 Å². The number of esters is 1. The standard InChI is InChI=1S/C25H29NO7/c1-23(8-7-18(29)26-19-15(27)5-4-14(20(19)30)22(31)32-3)17(28)6-9-25-11-13-10-16(21(23)25)33-24(13,2)12-25/h4-6,9,13,16,21,27,30H,7-8,10-12H2,1-3H3,(H,26,29). The van der Waals surface area contributed by atoms with Crippen LogP contribution in [-0.4, -0.2) is 46.7 Å². The number of carbonyl (C=O) groups excluding carboxylic acids is 3. The van der Waals surface area contributed by atoms with Gasteiger partial charge in [-0.1, -0.05) is 13.0 Å². The van der Waals surface area contributed by atoms with Gasteiger partial charge in [0.1, 0.15) is 17.0 Å². The van der Waals surface area contributed by atoms with Crippen LogP contribution in [0.3, 0.4) is 0 Å². The number of ketones is 1. The maximum Gasteiger partial charge on any atom is 0.341 e. The molecule has 176 valence electrons. The Kier molecular flexibility index (Phi) is 4.70. The summed E-state index contributed by atoms with van der Waals surface area (Å²) in [6, 6.07) is 2.41. The predicted molar refractivity (Wildman–Crippen MR) is 118 cm³/mol. The highest BCUT2D eigenvalue weighted by Gasteiger charge is 2.71. The van der Waals surface area contributed by atoms with Crippen molar-refractivity contribution < 1.29 is 34.1 Å². The highest BCUT2D eigenvalue weighted by molar-refractivity contribution is 6.01. The van der Waals surface area contributed by atoms with Crippen LogP contribution in [0, 0.1) is 22.7 Å². The van der Waals surface area contributed by atoms with Crippen molar-refractivity contribution in [2.45, 2.75) is 57.7 Å². The van der Waals surface area contributed by atoms with Gasteiger partial charge in [-0.05, 0) is 62.1 Å². The molecule has 2 aliphatic heterocycles. The average molecular weight is 456 g/mol. The minimum Gasteiger partial charge on any atom is -0.506 e. The van der Waals surface area contributed by atoms with E-state index < -0.39 is 23.0 Å². The Morgan fingerprint density at radius 2 is 2.03 bits per heavy atom. The third-order valence-electron chi connectivity index (χ3n) is 8.61. The zero-order valence-corrected chi connectivity index (χ0v) is 19.0. The number of allylic oxidation sites excluding steroid dienone is 2. The molecule has 4 fully saturated rings. The summed E-state index contributed by atoms with van der Waals surface area (Å²) in [4.78, 5) is 37.7. The molecule has 6 rings (SSSR count). The summed E-state index contributed by atoms with van der Waals surface area (Å²) in [5.74, 6) is -1.67. The van der Waals surface area contributed by atoms with Crippen LogP contribution in [0.4, 0.5) is 5.69 Å². The minimum atomic E-state index is -0.792. The number of amides is 1. The van der Waals surface area contributed by atoms with E-state index in [2.05, 4.69) is 23.1 Å². The average Bonchev–Trinajstić information content (AvgIpc) is 3.13. The van der Waals surface area contributed by atoms with Crippen LogP contribution < -0.4 is 5.32 Å². The first kappa shape index (κ1) is 21.9. The summed E-state index contributed by atoms with van der Waals surface area (Å²) in [6.07, 6.45) is 7.00. The molecule has 2 heterocycles. The van der Waals surface area contributed by atoms with Gasteiger partial charge in [-0.25, -0.2) is 4.79 Å². The number of aromatic hydroxyl groups is 2. The molecule has 6 unspecified atom stereocenters. The Hall–Kier alpha value is -2.87. The molecule has 6 atom stereocenters. The Morgan fingerprint density at radius 1 is 1.27 bits per heavy atom. The van der Waals surface area contributed by atoms with Gasteiger partial charge in [0.2, 0.25) is 5.91 Å². The van der Waals surface area contributed by atoms with E-state index >= 15 is 0 Å². The molecule has 1 aromatic carbocycles. The summed E-state index contributed by atoms with van der Waals surface area (Å²) in [5.41, 5.74) is -1.36. The first-order chi connectivity index (χ1) is 15.5. The highest BCUT2D eigenvalue weighted by atomic mass is 16.5. The molecular weight excluding hydrogens is 426 g/mol. The fourth-order valence-electron chi connectivity index (χ4n) is 7.19. The Balaban J connectivity index is 1.35. The number of benzene rings is 1. The summed E-state index contributed by atoms with van der Waals surface area (Å²) < 4.78 is 11.0. The largest absolute Gasteiger partial charge is 0.506 e. The lowest BCUT2D eigenvalue weighted by Crippen LogP contribution is -2.56. The van der Waals surface area contributed by atoms with E-state index in [4.69, 9.17) is 4.74 Å². The molecule has 8 heteroatoms. The van der Waals surface area contributed by atoms with Crippen LogP contribution in [-0.2, 0) is 19.1 Å². The van der Waals surface area contributed by atoms with Crippen molar-refractivity contribution in [3.8, 4) is 11.5 Å². The van der Waals surface area contributed by atoms with Crippen LogP contribution in [0.25, 0.3) is 0 Å². The predicted octanol–water partition coefficient (Wildman–Crippen LogP) is 3.32. The lowest BCUT2D eigenvalue weighted by Gasteiger charge is -2.55. The monoisotopic (exact) mass is 455 g/mol. The van der Waals surface area contributed by atoms with Gasteiger partial charge in [-0.2, -0.15) is 0 Å². The number of nitrogens with one attached hydrogen (secondary N) is 1. The van der Waals surface area contributed by atoms with E-state index in [1.165, 1.54) is 19.2 Å². The maximum atomic E-state index is 13.1. The lowest BCUT2D eigenvalue weighted by molar-refractivity contribution is -0.169. The van der Waals surface area contributed by atoms with Crippen molar-refractivity contribution in [3.05, 3.63) is 29.8 Å². The zero-order valence-electron chi connectivity index (χ0n) is 19.0. The van der Waals surface area contributed by atoms with Crippen molar-refractivity contribution in [3.63, 3.8) is 0 Å². The summed E-state index contributed by atoms with van der Waals surface area (Å²) in [5, 5.41) is 23.0. The number of phenols is 2. The third-order valence-corrected chi connectivity index (χ3v) is 8.61. The SMILES string of the molecule is COC(=O)c1ccc(O)c(NC(=O)CCC2(C)C(=O)C=CC34CC5CC(OC5(C)C3)C42)c1O. The summed E-state index contributed by atoms with van der Waals surface area (Å²) in [6.45, 7) is 4.11. The normalized spacial score (nSPS) is 37.8. The van der Waals surface area contributed by atoms with Crippen LogP contribution in [0.5, 0.6) is 11.5 Å². The molecular formula is C25H29NO7. The first-order valence-corrected chi connectivity index (χ1v) is 11.4. The molecule has 3 aliphatic carbocycles.